The molecule has 1 aromatic rings. The maximum atomic E-state index is 12.4. The van der Waals surface area contributed by atoms with Gasteiger partial charge in [-0.25, -0.2) is 10.2 Å². The number of anilines is 1. The number of carboxylic acid groups (broad SMARTS) is 1. The number of alkyl halides is 3. The zero-order valence-corrected chi connectivity index (χ0v) is 13.4. The number of para-hydroxylation sites is 1. The fourth-order valence-electron chi connectivity index (χ4n) is 1.82. The number of carbonyl (C=O) groups is 1. The van der Waals surface area contributed by atoms with Gasteiger partial charge in [0.15, 0.2) is 6.61 Å². The molecule has 0 unspecified atom stereocenters. The van der Waals surface area contributed by atoms with Crippen molar-refractivity contribution in [1.82, 2.24) is 15.6 Å². The minimum absolute atomic E-state index is 0.237. The molecule has 136 valence electrons. The van der Waals surface area contributed by atoms with Gasteiger partial charge in [-0.05, 0) is 12.1 Å². The summed E-state index contributed by atoms with van der Waals surface area (Å²) in [6.45, 7) is -1.55. The Kier molecular flexibility index (Phi) is 5.25. The van der Waals surface area contributed by atoms with Crippen LogP contribution in [0.2, 0.25) is 0 Å². The summed E-state index contributed by atoms with van der Waals surface area (Å²) in [4.78, 5) is 13.2. The summed E-state index contributed by atoms with van der Waals surface area (Å²) in [6.07, 6.45) is -4.71. The Morgan fingerprint density at radius 2 is 1.96 bits per heavy atom. The van der Waals surface area contributed by atoms with E-state index in [1.807, 2.05) is 0 Å². The van der Waals surface area contributed by atoms with Crippen LogP contribution < -0.4 is 10.4 Å². The zero-order valence-electron chi connectivity index (χ0n) is 13.4. The number of amides is 1. The molecule has 0 saturated carbocycles. The molecule has 1 aromatic carbocycles. The number of benzene rings is 1. The van der Waals surface area contributed by atoms with Gasteiger partial charge in [0.05, 0.1) is 5.69 Å². The highest BCUT2D eigenvalue weighted by atomic mass is 19.4. The van der Waals surface area contributed by atoms with E-state index in [0.29, 0.717) is 0 Å². The first kappa shape index (κ1) is 18.2. The third kappa shape index (κ3) is 4.93. The fraction of sp³-hybridized carbons (Fsp3) is 0.286. The molecule has 1 aliphatic heterocycles. The van der Waals surface area contributed by atoms with Crippen LogP contribution in [-0.4, -0.2) is 54.1 Å². The predicted octanol–water partition coefficient (Wildman–Crippen LogP) is 2.20. The number of hydrazone groups is 1. The highest BCUT2D eigenvalue weighted by molar-refractivity contribution is 5.90. The van der Waals surface area contributed by atoms with Crippen molar-refractivity contribution in [2.75, 3.05) is 25.7 Å². The average Bonchev–Trinajstić information content (AvgIpc) is 2.53. The quantitative estimate of drug-likeness (QED) is 0.858. The largest absolute Gasteiger partial charge is 0.467 e. The molecule has 0 aliphatic carbocycles. The van der Waals surface area contributed by atoms with Crippen molar-refractivity contribution in [2.45, 2.75) is 6.18 Å². The van der Waals surface area contributed by atoms with E-state index in [1.165, 1.54) is 23.1 Å². The number of ether oxygens (including phenoxy) is 1. The van der Waals surface area contributed by atoms with E-state index in [0.717, 1.165) is 10.2 Å². The maximum absolute atomic E-state index is 12.4. The molecule has 11 heteroatoms. The Labute approximate surface area is 141 Å². The van der Waals surface area contributed by atoms with E-state index < -0.39 is 18.9 Å². The average molecular weight is 359 g/mol. The topological polar surface area (TPSA) is 80.6 Å². The lowest BCUT2D eigenvalue weighted by atomic mass is 10.3. The lowest BCUT2D eigenvalue weighted by molar-refractivity contribution is -0.156. The highest BCUT2D eigenvalue weighted by Crippen LogP contribution is 2.20. The van der Waals surface area contributed by atoms with Gasteiger partial charge in [-0.3, -0.25) is 0 Å². The molecule has 1 heterocycles. The van der Waals surface area contributed by atoms with Crippen molar-refractivity contribution in [3.8, 4) is 0 Å². The van der Waals surface area contributed by atoms with E-state index in [4.69, 9.17) is 0 Å². The first-order chi connectivity index (χ1) is 11.7. The molecular weight excluding hydrogens is 343 g/mol. The summed E-state index contributed by atoms with van der Waals surface area (Å²) in [6, 6.07) is 7.94. The Morgan fingerprint density at radius 3 is 2.48 bits per heavy atom. The van der Waals surface area contributed by atoms with Crippen LogP contribution in [0.3, 0.4) is 0 Å². The highest BCUT2D eigenvalue weighted by Gasteiger charge is 2.31. The second-order valence-corrected chi connectivity index (χ2v) is 5.10. The third-order valence-corrected chi connectivity index (χ3v) is 2.90. The van der Waals surface area contributed by atoms with Crippen LogP contribution >= 0.6 is 0 Å². The molecule has 0 saturated heterocycles. The molecule has 0 atom stereocenters. The van der Waals surface area contributed by atoms with Crippen LogP contribution in [0, 0.1) is 0 Å². The van der Waals surface area contributed by atoms with Crippen LogP contribution in [-0.2, 0) is 4.74 Å². The number of hydrogen-bond donors (Lipinski definition) is 2. The SMILES string of the molecule is CN(C)C1=CC(OCC(F)(F)F)=NN(N(C(=O)O)c2ccccc2)N1. The van der Waals surface area contributed by atoms with Gasteiger partial charge in [-0.1, -0.05) is 28.5 Å². The minimum atomic E-state index is -4.55. The molecule has 1 aliphatic rings. The zero-order chi connectivity index (χ0) is 18.6. The Hall–Kier alpha value is -3.11. The van der Waals surface area contributed by atoms with Crippen molar-refractivity contribution in [1.29, 1.82) is 0 Å². The van der Waals surface area contributed by atoms with Crippen LogP contribution in [0.4, 0.5) is 23.7 Å². The Bertz CT molecular complexity index is 676. The summed E-state index contributed by atoms with van der Waals surface area (Å²) >= 11 is 0. The molecule has 2 N–H and O–H groups in total. The van der Waals surface area contributed by atoms with Crippen molar-refractivity contribution >= 4 is 17.7 Å². The van der Waals surface area contributed by atoms with Gasteiger partial charge in [0.2, 0.25) is 5.90 Å². The van der Waals surface area contributed by atoms with Gasteiger partial charge in [0.1, 0.15) is 5.82 Å². The molecule has 0 fully saturated rings. The number of hydrazine groups is 2. The van der Waals surface area contributed by atoms with Crippen LogP contribution in [0.1, 0.15) is 0 Å². The number of halogens is 3. The Balaban J connectivity index is 2.32. The van der Waals surface area contributed by atoms with E-state index in [9.17, 15) is 23.1 Å². The van der Waals surface area contributed by atoms with Gasteiger partial charge in [0.25, 0.3) is 0 Å². The monoisotopic (exact) mass is 359 g/mol. The molecule has 0 radical (unpaired) electrons. The summed E-state index contributed by atoms with van der Waals surface area (Å²) in [5.41, 5.74) is 2.91. The van der Waals surface area contributed by atoms with E-state index in [2.05, 4.69) is 15.3 Å². The standard InChI is InChI=1S/C14H16F3N5O3/c1-20(2)11-8-12(25-9-14(15,16)17)19-22(18-11)21(13(23)24)10-6-4-3-5-7-10/h3-8,18H,9H2,1-2H3,(H,23,24). The molecule has 0 spiro atoms. The molecule has 25 heavy (non-hydrogen) atoms. The van der Waals surface area contributed by atoms with Crippen LogP contribution in [0.5, 0.6) is 0 Å². The molecule has 0 aromatic heterocycles. The van der Waals surface area contributed by atoms with E-state index >= 15 is 0 Å². The molecule has 0 bridgehead atoms. The molecule has 8 nitrogen and oxygen atoms in total. The van der Waals surface area contributed by atoms with Gasteiger partial charge in [0, 0.05) is 20.2 Å². The van der Waals surface area contributed by atoms with Crippen molar-refractivity contribution < 1.29 is 27.8 Å². The maximum Gasteiger partial charge on any atom is 0.434 e. The van der Waals surface area contributed by atoms with Gasteiger partial charge in [-0.15, -0.1) is 5.01 Å². The summed E-state index contributed by atoms with van der Waals surface area (Å²) < 4.78 is 41.8. The predicted molar refractivity (Wildman–Crippen MR) is 83.1 cm³/mol. The molecule has 1 amide bonds. The fourth-order valence-corrected chi connectivity index (χ4v) is 1.82. The third-order valence-electron chi connectivity index (χ3n) is 2.90. The van der Waals surface area contributed by atoms with E-state index in [1.54, 1.807) is 32.3 Å². The number of nitrogens with zero attached hydrogens (tertiary/aromatic N) is 4. The minimum Gasteiger partial charge on any atom is -0.467 e. The Morgan fingerprint density at radius 1 is 1.32 bits per heavy atom. The van der Waals surface area contributed by atoms with Crippen molar-refractivity contribution in [3.05, 3.63) is 42.2 Å². The lowest BCUT2D eigenvalue weighted by Gasteiger charge is -2.35. The summed E-state index contributed by atoms with van der Waals surface area (Å²) in [7, 11) is 3.24. The molecular formula is C14H16F3N5O3. The van der Waals surface area contributed by atoms with Gasteiger partial charge < -0.3 is 14.7 Å². The van der Waals surface area contributed by atoms with E-state index in [-0.39, 0.29) is 17.4 Å². The first-order valence-corrected chi connectivity index (χ1v) is 6.99. The second kappa shape index (κ2) is 7.20. The van der Waals surface area contributed by atoms with Crippen LogP contribution in [0.15, 0.2) is 47.3 Å². The van der Waals surface area contributed by atoms with Crippen molar-refractivity contribution in [2.24, 2.45) is 5.10 Å². The smallest absolute Gasteiger partial charge is 0.434 e. The van der Waals surface area contributed by atoms with Crippen LogP contribution in [0.25, 0.3) is 0 Å². The van der Waals surface area contributed by atoms with Gasteiger partial charge >= 0.3 is 12.3 Å². The number of nitrogens with one attached hydrogen (secondary N) is 1. The second-order valence-electron chi connectivity index (χ2n) is 5.10. The van der Waals surface area contributed by atoms with Crippen molar-refractivity contribution in [3.63, 3.8) is 0 Å². The number of rotatable bonds is 4. The number of hydrogen-bond acceptors (Lipinski definition) is 6. The van der Waals surface area contributed by atoms with Gasteiger partial charge in [-0.2, -0.15) is 13.2 Å². The molecule has 2 rings (SSSR count). The normalized spacial score (nSPS) is 14.2. The lowest BCUT2D eigenvalue weighted by Crippen LogP contribution is -2.54. The summed E-state index contributed by atoms with van der Waals surface area (Å²) in [5.74, 6) is -0.101. The first-order valence-electron chi connectivity index (χ1n) is 6.99. The summed E-state index contributed by atoms with van der Waals surface area (Å²) in [5, 5.41) is 14.8.